The van der Waals surface area contributed by atoms with Gasteiger partial charge in [-0.05, 0) is 31.0 Å². The van der Waals surface area contributed by atoms with Gasteiger partial charge in [-0.3, -0.25) is 4.79 Å². The second-order valence-electron chi connectivity index (χ2n) is 5.90. The lowest BCUT2D eigenvalue weighted by Gasteiger charge is -2.29. The number of carbonyl (C=O) groups is 1. The Balaban J connectivity index is 2.36. The van der Waals surface area contributed by atoms with Crippen LogP contribution in [0, 0.1) is 12.8 Å². The summed E-state index contributed by atoms with van der Waals surface area (Å²) in [6, 6.07) is 4.13. The molecule has 0 radical (unpaired) electrons. The molecular weight excluding hydrogens is 252 g/mol. The predicted molar refractivity (Wildman–Crippen MR) is 79.6 cm³/mol. The van der Waals surface area contributed by atoms with E-state index in [1.165, 1.54) is 0 Å². The van der Waals surface area contributed by atoms with Crippen LogP contribution in [0.5, 0.6) is 5.75 Å². The number of hydrogen-bond acceptors (Lipinski definition) is 3. The molecule has 0 saturated carbocycles. The SMILES string of the molecule is Cc1cc(C(C)N)cc2c1OCCC2NC(=O)C(C)C. The molecule has 0 bridgehead atoms. The molecule has 0 aromatic heterocycles. The molecule has 0 aliphatic carbocycles. The molecule has 20 heavy (non-hydrogen) atoms. The van der Waals surface area contributed by atoms with E-state index >= 15 is 0 Å². The van der Waals surface area contributed by atoms with Crippen LogP contribution in [0.15, 0.2) is 12.1 Å². The molecule has 110 valence electrons. The summed E-state index contributed by atoms with van der Waals surface area (Å²) in [4.78, 5) is 11.9. The molecule has 0 fully saturated rings. The van der Waals surface area contributed by atoms with Gasteiger partial charge in [0.25, 0.3) is 0 Å². The van der Waals surface area contributed by atoms with Crippen LogP contribution >= 0.6 is 0 Å². The Morgan fingerprint density at radius 1 is 1.40 bits per heavy atom. The fraction of sp³-hybridized carbons (Fsp3) is 0.562. The Hall–Kier alpha value is -1.55. The molecule has 3 N–H and O–H groups in total. The third-order valence-electron chi connectivity index (χ3n) is 3.72. The van der Waals surface area contributed by atoms with E-state index < -0.39 is 0 Å². The van der Waals surface area contributed by atoms with Crippen LogP contribution in [0.3, 0.4) is 0 Å². The number of aryl methyl sites for hydroxylation is 1. The number of amides is 1. The molecule has 2 unspecified atom stereocenters. The van der Waals surface area contributed by atoms with Crippen LogP contribution in [0.2, 0.25) is 0 Å². The Labute approximate surface area is 120 Å². The molecule has 1 aromatic carbocycles. The summed E-state index contributed by atoms with van der Waals surface area (Å²) in [7, 11) is 0. The first kappa shape index (κ1) is 14.9. The third kappa shape index (κ3) is 2.96. The van der Waals surface area contributed by atoms with Crippen molar-refractivity contribution < 1.29 is 9.53 Å². The zero-order valence-corrected chi connectivity index (χ0v) is 12.7. The van der Waals surface area contributed by atoms with Crippen LogP contribution in [-0.2, 0) is 4.79 Å². The molecule has 1 aliphatic rings. The van der Waals surface area contributed by atoms with Gasteiger partial charge >= 0.3 is 0 Å². The van der Waals surface area contributed by atoms with Crippen molar-refractivity contribution in [2.45, 2.75) is 46.2 Å². The highest BCUT2D eigenvalue weighted by Crippen LogP contribution is 2.36. The molecule has 0 saturated heterocycles. The second-order valence-corrected chi connectivity index (χ2v) is 5.90. The van der Waals surface area contributed by atoms with Gasteiger partial charge in [-0.1, -0.05) is 19.9 Å². The normalized spacial score (nSPS) is 19.2. The smallest absolute Gasteiger partial charge is 0.223 e. The molecule has 1 aliphatic heterocycles. The summed E-state index contributed by atoms with van der Waals surface area (Å²) < 4.78 is 5.77. The average molecular weight is 276 g/mol. The molecule has 0 spiro atoms. The van der Waals surface area contributed by atoms with Crippen molar-refractivity contribution in [1.29, 1.82) is 0 Å². The van der Waals surface area contributed by atoms with E-state index in [0.29, 0.717) is 6.61 Å². The first-order valence-electron chi connectivity index (χ1n) is 7.23. The lowest BCUT2D eigenvalue weighted by molar-refractivity contribution is -0.124. The molecule has 2 rings (SSSR count). The van der Waals surface area contributed by atoms with Gasteiger partial charge in [0.05, 0.1) is 12.6 Å². The summed E-state index contributed by atoms with van der Waals surface area (Å²) in [5, 5.41) is 3.11. The zero-order chi connectivity index (χ0) is 14.9. The second kappa shape index (κ2) is 5.83. The Kier molecular flexibility index (Phi) is 4.33. The maximum Gasteiger partial charge on any atom is 0.223 e. The monoisotopic (exact) mass is 276 g/mol. The van der Waals surface area contributed by atoms with Crippen molar-refractivity contribution in [1.82, 2.24) is 5.32 Å². The van der Waals surface area contributed by atoms with Crippen LogP contribution in [0.1, 0.15) is 56.0 Å². The summed E-state index contributed by atoms with van der Waals surface area (Å²) in [5.41, 5.74) is 9.20. The van der Waals surface area contributed by atoms with E-state index in [0.717, 1.165) is 28.9 Å². The maximum atomic E-state index is 11.9. The van der Waals surface area contributed by atoms with Crippen molar-refractivity contribution >= 4 is 5.91 Å². The Morgan fingerprint density at radius 2 is 2.10 bits per heavy atom. The molecular formula is C16H24N2O2. The van der Waals surface area contributed by atoms with Gasteiger partial charge in [-0.25, -0.2) is 0 Å². The van der Waals surface area contributed by atoms with Gasteiger partial charge in [0.1, 0.15) is 5.75 Å². The van der Waals surface area contributed by atoms with Crippen molar-refractivity contribution in [3.05, 3.63) is 28.8 Å². The first-order chi connectivity index (χ1) is 9.40. The van der Waals surface area contributed by atoms with Gasteiger partial charge in [-0.2, -0.15) is 0 Å². The van der Waals surface area contributed by atoms with Crippen LogP contribution in [0.25, 0.3) is 0 Å². The summed E-state index contributed by atoms with van der Waals surface area (Å²) in [5.74, 6) is 0.959. The van der Waals surface area contributed by atoms with E-state index in [9.17, 15) is 4.79 Å². The van der Waals surface area contributed by atoms with Crippen molar-refractivity contribution in [3.63, 3.8) is 0 Å². The zero-order valence-electron chi connectivity index (χ0n) is 12.7. The number of nitrogens with two attached hydrogens (primary N) is 1. The van der Waals surface area contributed by atoms with Crippen LogP contribution in [0.4, 0.5) is 0 Å². The Bertz CT molecular complexity index is 509. The average Bonchev–Trinajstić information content (AvgIpc) is 2.39. The minimum atomic E-state index is -0.0256. The molecule has 4 nitrogen and oxygen atoms in total. The first-order valence-corrected chi connectivity index (χ1v) is 7.23. The number of carbonyl (C=O) groups excluding carboxylic acids is 1. The van der Waals surface area contributed by atoms with Gasteiger partial charge in [-0.15, -0.1) is 0 Å². The largest absolute Gasteiger partial charge is 0.493 e. The third-order valence-corrected chi connectivity index (χ3v) is 3.72. The topological polar surface area (TPSA) is 64.3 Å². The number of ether oxygens (including phenoxy) is 1. The summed E-state index contributed by atoms with van der Waals surface area (Å²) in [6.45, 7) is 8.43. The van der Waals surface area contributed by atoms with E-state index in [1.807, 2.05) is 27.7 Å². The van der Waals surface area contributed by atoms with Crippen LogP contribution < -0.4 is 15.8 Å². The number of hydrogen-bond donors (Lipinski definition) is 2. The van der Waals surface area contributed by atoms with Gasteiger partial charge < -0.3 is 15.8 Å². The predicted octanol–water partition coefficient (Wildman–Crippen LogP) is 2.61. The Morgan fingerprint density at radius 3 is 2.70 bits per heavy atom. The lowest BCUT2D eigenvalue weighted by Crippen LogP contribution is -2.35. The standard InChI is InChI=1S/C16H24N2O2/c1-9(2)16(19)18-14-5-6-20-15-10(3)7-12(11(4)17)8-13(14)15/h7-9,11,14H,5-6,17H2,1-4H3,(H,18,19). The summed E-state index contributed by atoms with van der Waals surface area (Å²) >= 11 is 0. The van der Waals surface area contributed by atoms with Gasteiger partial charge in [0.2, 0.25) is 5.91 Å². The molecule has 1 heterocycles. The number of benzene rings is 1. The van der Waals surface area contributed by atoms with E-state index in [4.69, 9.17) is 10.5 Å². The summed E-state index contributed by atoms with van der Waals surface area (Å²) in [6.07, 6.45) is 0.799. The highest BCUT2D eigenvalue weighted by atomic mass is 16.5. The van der Waals surface area contributed by atoms with Crippen LogP contribution in [-0.4, -0.2) is 12.5 Å². The highest BCUT2D eigenvalue weighted by molar-refractivity contribution is 5.78. The quantitative estimate of drug-likeness (QED) is 0.892. The lowest BCUT2D eigenvalue weighted by atomic mass is 9.93. The van der Waals surface area contributed by atoms with Crippen molar-refractivity contribution in [3.8, 4) is 5.75 Å². The van der Waals surface area contributed by atoms with Gasteiger partial charge in [0.15, 0.2) is 0 Å². The van der Waals surface area contributed by atoms with E-state index in [-0.39, 0.29) is 23.9 Å². The fourth-order valence-corrected chi connectivity index (χ4v) is 2.47. The molecule has 4 heteroatoms. The molecule has 1 aromatic rings. The van der Waals surface area contributed by atoms with Crippen molar-refractivity contribution in [2.75, 3.05) is 6.61 Å². The van der Waals surface area contributed by atoms with E-state index in [2.05, 4.69) is 17.4 Å². The number of rotatable bonds is 3. The minimum absolute atomic E-state index is 0.0148. The molecule has 1 amide bonds. The number of nitrogens with one attached hydrogen (secondary N) is 1. The van der Waals surface area contributed by atoms with E-state index in [1.54, 1.807) is 0 Å². The minimum Gasteiger partial charge on any atom is -0.493 e. The maximum absolute atomic E-state index is 11.9. The molecule has 2 atom stereocenters. The van der Waals surface area contributed by atoms with Crippen molar-refractivity contribution in [2.24, 2.45) is 11.7 Å². The number of fused-ring (bicyclic) bond motifs is 1. The van der Waals surface area contributed by atoms with Gasteiger partial charge in [0, 0.05) is 23.9 Å². The fourth-order valence-electron chi connectivity index (χ4n) is 2.47. The highest BCUT2D eigenvalue weighted by Gasteiger charge is 2.26.